The molecule has 1 aliphatic carbocycles. The first kappa shape index (κ1) is 12.9. The van der Waals surface area contributed by atoms with Crippen LogP contribution in [0.1, 0.15) is 29.8 Å². The minimum absolute atomic E-state index is 0.0722. The maximum atomic E-state index is 14.3. The zero-order chi connectivity index (χ0) is 14.3. The van der Waals surface area contributed by atoms with Crippen LogP contribution in [0.25, 0.3) is 11.1 Å². The predicted octanol–water partition coefficient (Wildman–Crippen LogP) is 3.88. The van der Waals surface area contributed by atoms with Crippen molar-refractivity contribution >= 4 is 11.5 Å². The third-order valence-electron chi connectivity index (χ3n) is 3.90. The monoisotopic (exact) mass is 269 g/mol. The molecule has 0 bridgehead atoms. The molecule has 0 unspecified atom stereocenters. The van der Waals surface area contributed by atoms with Gasteiger partial charge in [-0.25, -0.2) is 4.39 Å². The number of fused-ring (bicyclic) bond motifs is 3. The van der Waals surface area contributed by atoms with Gasteiger partial charge in [0, 0.05) is 18.7 Å². The van der Waals surface area contributed by atoms with E-state index in [1.165, 1.54) is 6.07 Å². The number of hydrogen-bond acceptors (Lipinski definition) is 2. The summed E-state index contributed by atoms with van der Waals surface area (Å²) in [6.45, 7) is 5.28. The number of benzene rings is 2. The average molecular weight is 269 g/mol. The Morgan fingerprint density at radius 3 is 2.25 bits per heavy atom. The Labute approximate surface area is 117 Å². The van der Waals surface area contributed by atoms with Crippen molar-refractivity contribution in [2.75, 3.05) is 18.0 Å². The van der Waals surface area contributed by atoms with E-state index in [0.717, 1.165) is 11.1 Å². The zero-order valence-electron chi connectivity index (χ0n) is 11.6. The molecule has 1 aliphatic rings. The highest BCUT2D eigenvalue weighted by Crippen LogP contribution is 2.42. The van der Waals surface area contributed by atoms with Gasteiger partial charge in [-0.1, -0.05) is 30.3 Å². The van der Waals surface area contributed by atoms with Gasteiger partial charge in [0.05, 0.1) is 11.3 Å². The smallest absolute Gasteiger partial charge is 0.196 e. The van der Waals surface area contributed by atoms with Gasteiger partial charge in [-0.2, -0.15) is 0 Å². The van der Waals surface area contributed by atoms with E-state index in [9.17, 15) is 9.18 Å². The van der Waals surface area contributed by atoms with Crippen molar-refractivity contribution in [2.45, 2.75) is 13.8 Å². The Balaban J connectivity index is 2.30. The van der Waals surface area contributed by atoms with Crippen molar-refractivity contribution < 1.29 is 9.18 Å². The van der Waals surface area contributed by atoms with Crippen LogP contribution in [0.4, 0.5) is 10.1 Å². The SMILES string of the molecule is CCN(CC)c1c(F)ccc2c1C(=O)c1ccccc1-2. The van der Waals surface area contributed by atoms with E-state index in [0.29, 0.717) is 29.9 Å². The lowest BCUT2D eigenvalue weighted by Gasteiger charge is -2.24. The molecule has 3 heteroatoms. The highest BCUT2D eigenvalue weighted by Gasteiger charge is 2.31. The second kappa shape index (κ2) is 4.75. The van der Waals surface area contributed by atoms with E-state index < -0.39 is 0 Å². The van der Waals surface area contributed by atoms with Crippen molar-refractivity contribution in [2.24, 2.45) is 0 Å². The highest BCUT2D eigenvalue weighted by atomic mass is 19.1. The van der Waals surface area contributed by atoms with Crippen LogP contribution in [-0.4, -0.2) is 18.9 Å². The van der Waals surface area contributed by atoms with Gasteiger partial charge in [-0.3, -0.25) is 4.79 Å². The fourth-order valence-corrected chi connectivity index (χ4v) is 2.92. The Bertz CT molecular complexity index is 689. The number of ketones is 1. The van der Waals surface area contributed by atoms with Crippen molar-refractivity contribution in [1.82, 2.24) is 0 Å². The molecular formula is C17H16FNO. The normalized spacial score (nSPS) is 12.2. The molecule has 0 amide bonds. The summed E-state index contributed by atoms with van der Waals surface area (Å²) in [6, 6.07) is 10.6. The quantitative estimate of drug-likeness (QED) is 0.719. The number of nitrogens with zero attached hydrogens (tertiary/aromatic N) is 1. The standard InChI is InChI=1S/C17H16FNO/c1-3-19(4-2)16-14(18)10-9-12-11-7-5-6-8-13(11)17(20)15(12)16/h5-10H,3-4H2,1-2H3. The molecule has 0 fully saturated rings. The largest absolute Gasteiger partial charge is 0.369 e. The van der Waals surface area contributed by atoms with Gasteiger partial charge in [0.2, 0.25) is 0 Å². The lowest BCUT2D eigenvalue weighted by molar-refractivity contribution is 0.104. The van der Waals surface area contributed by atoms with Gasteiger partial charge < -0.3 is 4.90 Å². The molecule has 0 atom stereocenters. The minimum Gasteiger partial charge on any atom is -0.369 e. The van der Waals surface area contributed by atoms with Crippen LogP contribution in [0.15, 0.2) is 36.4 Å². The average Bonchev–Trinajstić information content (AvgIpc) is 2.76. The number of anilines is 1. The molecule has 3 rings (SSSR count). The molecule has 0 aliphatic heterocycles. The zero-order valence-corrected chi connectivity index (χ0v) is 11.6. The van der Waals surface area contributed by atoms with Gasteiger partial charge in [0.15, 0.2) is 5.78 Å². The summed E-state index contributed by atoms with van der Waals surface area (Å²) in [7, 11) is 0. The van der Waals surface area contributed by atoms with Crippen molar-refractivity contribution in [3.8, 4) is 11.1 Å². The van der Waals surface area contributed by atoms with E-state index >= 15 is 0 Å². The lowest BCUT2D eigenvalue weighted by atomic mass is 10.0. The van der Waals surface area contributed by atoms with Crippen LogP contribution in [-0.2, 0) is 0 Å². The van der Waals surface area contributed by atoms with E-state index in [4.69, 9.17) is 0 Å². The number of rotatable bonds is 3. The fourth-order valence-electron chi connectivity index (χ4n) is 2.92. The third kappa shape index (κ3) is 1.66. The van der Waals surface area contributed by atoms with E-state index in [1.54, 1.807) is 6.07 Å². The van der Waals surface area contributed by atoms with Crippen molar-refractivity contribution in [3.05, 3.63) is 53.3 Å². The molecule has 2 aromatic carbocycles. The first-order chi connectivity index (χ1) is 9.69. The Hall–Kier alpha value is -2.16. The van der Waals surface area contributed by atoms with Crippen LogP contribution >= 0.6 is 0 Å². The molecule has 0 saturated heterocycles. The summed E-state index contributed by atoms with van der Waals surface area (Å²) in [6.07, 6.45) is 0. The van der Waals surface area contributed by atoms with Gasteiger partial charge >= 0.3 is 0 Å². The molecule has 102 valence electrons. The van der Waals surface area contributed by atoms with Crippen LogP contribution < -0.4 is 4.90 Å². The first-order valence-corrected chi connectivity index (χ1v) is 6.90. The summed E-state index contributed by atoms with van der Waals surface area (Å²) < 4.78 is 14.3. The molecule has 2 nitrogen and oxygen atoms in total. The summed E-state index contributed by atoms with van der Waals surface area (Å²) in [5.41, 5.74) is 3.36. The second-order valence-corrected chi connectivity index (χ2v) is 4.87. The summed E-state index contributed by atoms with van der Waals surface area (Å²) >= 11 is 0. The van der Waals surface area contributed by atoms with Crippen LogP contribution in [0.5, 0.6) is 0 Å². The van der Waals surface area contributed by atoms with E-state index in [2.05, 4.69) is 0 Å². The fraction of sp³-hybridized carbons (Fsp3) is 0.235. The summed E-state index contributed by atoms with van der Waals surface area (Å²) in [5.74, 6) is -0.398. The van der Waals surface area contributed by atoms with Crippen molar-refractivity contribution in [3.63, 3.8) is 0 Å². The highest BCUT2D eigenvalue weighted by molar-refractivity contribution is 6.24. The summed E-state index contributed by atoms with van der Waals surface area (Å²) in [5, 5.41) is 0. The van der Waals surface area contributed by atoms with Gasteiger partial charge in [-0.15, -0.1) is 0 Å². The number of hydrogen-bond donors (Lipinski definition) is 0. The Morgan fingerprint density at radius 1 is 0.950 bits per heavy atom. The molecular weight excluding hydrogens is 253 g/mol. The number of carbonyl (C=O) groups excluding carboxylic acids is 1. The van der Waals surface area contributed by atoms with E-state index in [1.807, 2.05) is 43.0 Å². The number of halogens is 1. The topological polar surface area (TPSA) is 20.3 Å². The molecule has 2 aromatic rings. The number of carbonyl (C=O) groups is 1. The van der Waals surface area contributed by atoms with Crippen LogP contribution in [0, 0.1) is 5.82 Å². The minimum atomic E-state index is -0.325. The molecule has 0 saturated carbocycles. The van der Waals surface area contributed by atoms with Crippen LogP contribution in [0.2, 0.25) is 0 Å². The lowest BCUT2D eigenvalue weighted by Crippen LogP contribution is -2.25. The van der Waals surface area contributed by atoms with Gasteiger partial charge in [0.25, 0.3) is 0 Å². The maximum absolute atomic E-state index is 14.3. The van der Waals surface area contributed by atoms with Crippen molar-refractivity contribution in [1.29, 1.82) is 0 Å². The molecule has 0 aromatic heterocycles. The second-order valence-electron chi connectivity index (χ2n) is 4.87. The van der Waals surface area contributed by atoms with E-state index in [-0.39, 0.29) is 11.6 Å². The molecule has 0 heterocycles. The molecule has 0 N–H and O–H groups in total. The van der Waals surface area contributed by atoms with Crippen LogP contribution in [0.3, 0.4) is 0 Å². The maximum Gasteiger partial charge on any atom is 0.196 e. The molecule has 0 spiro atoms. The van der Waals surface area contributed by atoms with Gasteiger partial charge in [-0.05, 0) is 31.0 Å². The predicted molar refractivity (Wildman–Crippen MR) is 78.8 cm³/mol. The van der Waals surface area contributed by atoms with Gasteiger partial charge in [0.1, 0.15) is 5.82 Å². The first-order valence-electron chi connectivity index (χ1n) is 6.90. The Kier molecular flexibility index (Phi) is 3.05. The Morgan fingerprint density at radius 2 is 1.60 bits per heavy atom. The third-order valence-corrected chi connectivity index (χ3v) is 3.90. The molecule has 0 radical (unpaired) electrons. The summed E-state index contributed by atoms with van der Waals surface area (Å²) in [4.78, 5) is 14.5. The molecule has 20 heavy (non-hydrogen) atoms.